The summed E-state index contributed by atoms with van der Waals surface area (Å²) in [6, 6.07) is 2.12. The summed E-state index contributed by atoms with van der Waals surface area (Å²) in [6.45, 7) is 8.40. The van der Waals surface area contributed by atoms with Gasteiger partial charge in [0.2, 0.25) is 0 Å². The summed E-state index contributed by atoms with van der Waals surface area (Å²) < 4.78 is 0. The quantitative estimate of drug-likeness (QED) is 0.539. The molecule has 1 heterocycles. The van der Waals surface area contributed by atoms with Crippen LogP contribution in [0.4, 0.5) is 0 Å². The molecule has 0 aliphatic carbocycles. The van der Waals surface area contributed by atoms with Gasteiger partial charge in [0.1, 0.15) is 0 Å². The van der Waals surface area contributed by atoms with Crippen LogP contribution in [0.5, 0.6) is 0 Å². The lowest BCUT2D eigenvalue weighted by atomic mass is 9.78. The molecule has 1 rings (SSSR count). The van der Waals surface area contributed by atoms with E-state index >= 15 is 0 Å². The Morgan fingerprint density at radius 1 is 1.57 bits per heavy atom. The molecule has 0 aromatic carbocycles. The van der Waals surface area contributed by atoms with Crippen molar-refractivity contribution in [2.24, 2.45) is 11.3 Å². The highest BCUT2D eigenvalue weighted by Gasteiger charge is 2.33. The Labute approximate surface area is 87.1 Å². The molecule has 1 saturated heterocycles. The number of nitrogens with zero attached hydrogens (tertiary/aromatic N) is 2. The molecule has 3 nitrogen and oxygen atoms in total. The van der Waals surface area contributed by atoms with Crippen LogP contribution in [0.3, 0.4) is 0 Å². The molecule has 0 aromatic heterocycles. The smallest absolute Gasteiger partial charge is 0.0841 e. The van der Waals surface area contributed by atoms with E-state index in [1.54, 1.807) is 0 Å². The highest BCUT2D eigenvalue weighted by molar-refractivity contribution is 4.87. The largest absolute Gasteiger partial charge is 0.306 e. The summed E-state index contributed by atoms with van der Waals surface area (Å²) in [5.41, 5.74) is 0.307. The number of hydrogen-bond donors (Lipinski definition) is 1. The summed E-state index contributed by atoms with van der Waals surface area (Å²) >= 11 is 0. The van der Waals surface area contributed by atoms with Gasteiger partial charge in [-0.15, -0.1) is 0 Å². The van der Waals surface area contributed by atoms with Crippen molar-refractivity contribution in [1.29, 1.82) is 5.26 Å². The first kappa shape index (κ1) is 11.5. The maximum Gasteiger partial charge on any atom is 0.0841 e. The average molecular weight is 195 g/mol. The maximum absolute atomic E-state index is 8.45. The van der Waals surface area contributed by atoms with Crippen molar-refractivity contribution in [2.45, 2.75) is 20.3 Å². The zero-order chi connectivity index (χ0) is 10.6. The predicted molar refractivity (Wildman–Crippen MR) is 57.9 cm³/mol. The van der Waals surface area contributed by atoms with Crippen molar-refractivity contribution < 1.29 is 0 Å². The second-order valence-corrected chi connectivity index (χ2v) is 5.00. The van der Waals surface area contributed by atoms with E-state index in [0.29, 0.717) is 12.0 Å². The van der Waals surface area contributed by atoms with Crippen molar-refractivity contribution >= 4 is 0 Å². The minimum Gasteiger partial charge on any atom is -0.306 e. The van der Waals surface area contributed by atoms with Crippen LogP contribution in [-0.2, 0) is 0 Å². The molecule has 0 bridgehead atoms. The summed E-state index contributed by atoms with van der Waals surface area (Å²) in [4.78, 5) is 2.39. The lowest BCUT2D eigenvalue weighted by Crippen LogP contribution is -2.37. The van der Waals surface area contributed by atoms with E-state index in [1.165, 1.54) is 19.5 Å². The third-order valence-corrected chi connectivity index (χ3v) is 3.28. The summed E-state index contributed by atoms with van der Waals surface area (Å²) in [5.74, 6) is 0.763. The molecule has 14 heavy (non-hydrogen) atoms. The van der Waals surface area contributed by atoms with Crippen molar-refractivity contribution in [3.8, 4) is 6.07 Å². The lowest BCUT2D eigenvalue weighted by molar-refractivity contribution is 0.209. The number of hydrogen-bond acceptors (Lipinski definition) is 3. The van der Waals surface area contributed by atoms with Gasteiger partial charge >= 0.3 is 0 Å². The Kier molecular flexibility index (Phi) is 3.91. The maximum atomic E-state index is 8.45. The van der Waals surface area contributed by atoms with Crippen molar-refractivity contribution in [3.63, 3.8) is 0 Å². The molecule has 1 atom stereocenters. The van der Waals surface area contributed by atoms with Crippen LogP contribution in [0, 0.1) is 22.7 Å². The van der Waals surface area contributed by atoms with E-state index in [9.17, 15) is 0 Å². The Morgan fingerprint density at radius 3 is 2.79 bits per heavy atom. The third kappa shape index (κ3) is 2.97. The molecule has 1 aliphatic rings. The first-order valence-electron chi connectivity index (χ1n) is 5.32. The standard InChI is InChI=1S/C11H21N3/c1-11(2,9-13-6-5-12)10-4-7-14(3)8-10/h10,13H,4,6-9H2,1-3H3. The molecule has 0 saturated carbocycles. The lowest BCUT2D eigenvalue weighted by Gasteiger charge is -2.31. The van der Waals surface area contributed by atoms with Gasteiger partial charge in [0, 0.05) is 13.1 Å². The minimum atomic E-state index is 0.307. The van der Waals surface area contributed by atoms with Crippen molar-refractivity contribution in [1.82, 2.24) is 10.2 Å². The van der Waals surface area contributed by atoms with Gasteiger partial charge in [-0.3, -0.25) is 0 Å². The molecule has 0 spiro atoms. The van der Waals surface area contributed by atoms with Gasteiger partial charge in [-0.05, 0) is 31.3 Å². The van der Waals surface area contributed by atoms with E-state index in [4.69, 9.17) is 5.26 Å². The van der Waals surface area contributed by atoms with Crippen LogP contribution in [0.1, 0.15) is 20.3 Å². The zero-order valence-electron chi connectivity index (χ0n) is 9.51. The Hall–Kier alpha value is -0.590. The molecule has 0 aromatic rings. The summed E-state index contributed by atoms with van der Waals surface area (Å²) in [5, 5.41) is 11.6. The fourth-order valence-corrected chi connectivity index (χ4v) is 2.16. The van der Waals surface area contributed by atoms with Gasteiger partial charge in [-0.25, -0.2) is 0 Å². The monoisotopic (exact) mass is 195 g/mol. The first-order valence-corrected chi connectivity index (χ1v) is 5.32. The summed E-state index contributed by atoms with van der Waals surface area (Å²) in [7, 11) is 2.18. The highest BCUT2D eigenvalue weighted by Crippen LogP contribution is 2.32. The molecular weight excluding hydrogens is 174 g/mol. The van der Waals surface area contributed by atoms with Gasteiger partial charge in [0.05, 0.1) is 12.6 Å². The van der Waals surface area contributed by atoms with Crippen LogP contribution < -0.4 is 5.32 Å². The fraction of sp³-hybridized carbons (Fsp3) is 0.909. The molecule has 1 aliphatic heterocycles. The van der Waals surface area contributed by atoms with E-state index in [0.717, 1.165) is 12.5 Å². The molecule has 80 valence electrons. The van der Waals surface area contributed by atoms with Gasteiger partial charge < -0.3 is 10.2 Å². The summed E-state index contributed by atoms with van der Waals surface area (Å²) in [6.07, 6.45) is 1.29. The predicted octanol–water partition coefficient (Wildman–Crippen LogP) is 1.08. The van der Waals surface area contributed by atoms with Gasteiger partial charge in [0.25, 0.3) is 0 Å². The first-order chi connectivity index (χ1) is 6.56. The molecular formula is C11H21N3. The van der Waals surface area contributed by atoms with E-state index in [2.05, 4.69) is 37.2 Å². The number of nitriles is 1. The second kappa shape index (κ2) is 4.77. The molecule has 3 heteroatoms. The SMILES string of the molecule is CN1CCC(C(C)(C)CNCC#N)C1. The molecule has 1 N–H and O–H groups in total. The second-order valence-electron chi connectivity index (χ2n) is 5.00. The van der Waals surface area contributed by atoms with E-state index in [1.807, 2.05) is 0 Å². The highest BCUT2D eigenvalue weighted by atomic mass is 15.1. The van der Waals surface area contributed by atoms with Gasteiger partial charge in [-0.2, -0.15) is 5.26 Å². The molecule has 0 amide bonds. The Morgan fingerprint density at radius 2 is 2.29 bits per heavy atom. The van der Waals surface area contributed by atoms with Crippen LogP contribution in [0.15, 0.2) is 0 Å². The molecule has 1 unspecified atom stereocenters. The normalized spacial score (nSPS) is 23.7. The van der Waals surface area contributed by atoms with Gasteiger partial charge in [0.15, 0.2) is 0 Å². The minimum absolute atomic E-state index is 0.307. The third-order valence-electron chi connectivity index (χ3n) is 3.28. The van der Waals surface area contributed by atoms with E-state index < -0.39 is 0 Å². The van der Waals surface area contributed by atoms with Crippen LogP contribution in [-0.4, -0.2) is 38.1 Å². The van der Waals surface area contributed by atoms with Gasteiger partial charge in [-0.1, -0.05) is 13.8 Å². The van der Waals surface area contributed by atoms with Crippen LogP contribution in [0.2, 0.25) is 0 Å². The molecule has 0 radical (unpaired) electrons. The zero-order valence-corrected chi connectivity index (χ0v) is 9.51. The van der Waals surface area contributed by atoms with Crippen LogP contribution in [0.25, 0.3) is 0 Å². The van der Waals surface area contributed by atoms with E-state index in [-0.39, 0.29) is 0 Å². The van der Waals surface area contributed by atoms with Crippen molar-refractivity contribution in [3.05, 3.63) is 0 Å². The average Bonchev–Trinajstić information content (AvgIpc) is 2.53. The van der Waals surface area contributed by atoms with Crippen LogP contribution >= 0.6 is 0 Å². The fourth-order valence-electron chi connectivity index (χ4n) is 2.16. The number of nitrogens with one attached hydrogen (secondary N) is 1. The number of likely N-dealkylation sites (tertiary alicyclic amines) is 1. The van der Waals surface area contributed by atoms with Crippen molar-refractivity contribution in [2.75, 3.05) is 33.2 Å². The number of rotatable bonds is 4. The Bertz CT molecular complexity index is 217. The topological polar surface area (TPSA) is 39.1 Å². The Balaban J connectivity index is 2.36. The molecule has 1 fully saturated rings.